The molecule has 1 unspecified atom stereocenters. The lowest BCUT2D eigenvalue weighted by molar-refractivity contribution is -0.686. The van der Waals surface area contributed by atoms with Crippen LogP contribution >= 0.6 is 0 Å². The molecule has 1 rings (SSSR count). The van der Waals surface area contributed by atoms with Gasteiger partial charge in [0.25, 0.3) is 0 Å². The molecule has 19 heavy (non-hydrogen) atoms. The average Bonchev–Trinajstić information content (AvgIpc) is 2.61. The molecule has 0 spiro atoms. The van der Waals surface area contributed by atoms with Gasteiger partial charge in [-0.2, -0.15) is 8.42 Å². The number of imidazole rings is 1. The van der Waals surface area contributed by atoms with Gasteiger partial charge in [-0.05, 0) is 6.92 Å². The molecule has 0 aromatic carbocycles. The molecule has 0 radical (unpaired) electrons. The summed E-state index contributed by atoms with van der Waals surface area (Å²) in [6, 6.07) is 0. The lowest BCUT2D eigenvalue weighted by atomic mass is 10.6. The molecule has 0 fully saturated rings. The Bertz CT molecular complexity index is 609. The molecule has 1 aromatic rings. The van der Waals surface area contributed by atoms with E-state index in [4.69, 9.17) is 22.1 Å². The first-order valence-corrected chi connectivity index (χ1v) is 7.64. The summed E-state index contributed by atoms with van der Waals surface area (Å²) >= 11 is 0. The first-order valence-electron chi connectivity index (χ1n) is 4.77. The molecule has 1 atom stereocenters. The van der Waals surface area contributed by atoms with E-state index in [9.17, 15) is 8.42 Å². The number of allylic oxidation sites excluding steroid dienone is 1. The van der Waals surface area contributed by atoms with Crippen LogP contribution in [0.4, 0.5) is 0 Å². The summed E-state index contributed by atoms with van der Waals surface area (Å²) < 4.78 is 66.4. The van der Waals surface area contributed by atoms with Crippen LogP contribution in [0.5, 0.6) is 0 Å². The Morgan fingerprint density at radius 3 is 2.26 bits per heavy atom. The summed E-state index contributed by atoms with van der Waals surface area (Å²) in [5.41, 5.74) is 0. The van der Waals surface area contributed by atoms with Crippen molar-refractivity contribution in [2.75, 3.05) is 0 Å². The molecule has 0 saturated heterocycles. The number of hydrogen-bond acceptors (Lipinski definition) is 5. The summed E-state index contributed by atoms with van der Waals surface area (Å²) in [7, 11) is -8.95. The van der Waals surface area contributed by atoms with Crippen molar-refractivity contribution in [3.05, 3.63) is 31.4 Å². The van der Waals surface area contributed by atoms with Crippen LogP contribution in [0.1, 0.15) is 12.3 Å². The predicted octanol–water partition coefficient (Wildman–Crippen LogP) is -0.627. The number of aromatic nitrogens is 2. The van der Waals surface area contributed by atoms with Crippen LogP contribution in [0.3, 0.4) is 0 Å². The third-order valence-corrected chi connectivity index (χ3v) is 3.01. The molecule has 1 aromatic heterocycles. The highest BCUT2D eigenvalue weighted by atomic mass is 32.3. The minimum atomic E-state index is -4.92. The summed E-state index contributed by atoms with van der Waals surface area (Å²) in [6.45, 7) is 5.57. The second-order valence-electron chi connectivity index (χ2n) is 3.39. The molecule has 1 heterocycles. The summed E-state index contributed by atoms with van der Waals surface area (Å²) in [6.07, 6.45) is 6.59. The average molecular weight is 314 g/mol. The molecular weight excluding hydrogens is 300 g/mol. The van der Waals surface area contributed by atoms with Gasteiger partial charge in [-0.3, -0.25) is 9.11 Å². The van der Waals surface area contributed by atoms with Gasteiger partial charge in [0.2, 0.25) is 22.1 Å². The zero-order chi connectivity index (χ0) is 15.3. The van der Waals surface area contributed by atoms with Crippen molar-refractivity contribution >= 4 is 20.5 Å². The molecule has 110 valence electrons. The summed E-state index contributed by atoms with van der Waals surface area (Å²) in [4.78, 5) is 0. The van der Waals surface area contributed by atoms with Crippen LogP contribution in [0.2, 0.25) is 0 Å². The van der Waals surface area contributed by atoms with Gasteiger partial charge in [-0.15, -0.1) is 0 Å². The molecule has 11 heteroatoms. The summed E-state index contributed by atoms with van der Waals surface area (Å²) in [5.74, 6) is 0. The van der Waals surface area contributed by atoms with Gasteiger partial charge in [0.15, 0.2) is 0 Å². The molecule has 0 bridgehead atoms. The van der Waals surface area contributed by atoms with Crippen molar-refractivity contribution in [1.82, 2.24) is 4.57 Å². The van der Waals surface area contributed by atoms with Crippen LogP contribution in [0.25, 0.3) is 0 Å². The normalized spacial score (nSPS) is 13.3. The van der Waals surface area contributed by atoms with Crippen molar-refractivity contribution in [3.63, 3.8) is 0 Å². The van der Waals surface area contributed by atoms with Crippen molar-refractivity contribution in [3.8, 4) is 0 Å². The van der Waals surface area contributed by atoms with E-state index >= 15 is 0 Å². The molecule has 0 aliphatic heterocycles. The van der Waals surface area contributed by atoms with Crippen molar-refractivity contribution in [1.29, 1.82) is 0 Å². The van der Waals surface area contributed by atoms with E-state index < -0.39 is 25.9 Å². The Hall–Kier alpha value is -1.27. The van der Waals surface area contributed by atoms with E-state index in [1.165, 1.54) is 11.5 Å². The first-order chi connectivity index (χ1) is 8.45. The van der Waals surface area contributed by atoms with Gasteiger partial charge >= 0.3 is 10.1 Å². The van der Waals surface area contributed by atoms with E-state index in [2.05, 4.69) is 6.58 Å². The number of rotatable bonds is 4. The Morgan fingerprint density at radius 2 is 1.89 bits per heavy atom. The highest BCUT2D eigenvalue weighted by Gasteiger charge is 2.23. The fourth-order valence-electron chi connectivity index (χ4n) is 1.04. The van der Waals surface area contributed by atoms with Crippen molar-refractivity contribution < 1.29 is 35.1 Å². The zero-order valence-electron chi connectivity index (χ0n) is 9.95. The van der Waals surface area contributed by atoms with E-state index in [1.54, 1.807) is 29.4 Å². The quantitative estimate of drug-likeness (QED) is 0.326. The second-order valence-corrected chi connectivity index (χ2v) is 5.96. The van der Waals surface area contributed by atoms with Gasteiger partial charge in [-0.1, -0.05) is 12.7 Å². The van der Waals surface area contributed by atoms with Crippen LogP contribution in [-0.2, 0) is 27.1 Å². The lowest BCUT2D eigenvalue weighted by Crippen LogP contribution is -2.30. The number of nitrogens with zero attached hydrogens (tertiary/aromatic N) is 2. The lowest BCUT2D eigenvalue weighted by Gasteiger charge is -2.02. The Labute approximate surface area is 111 Å². The Kier molecular flexibility index (Phi) is 6.32. The van der Waals surface area contributed by atoms with Crippen molar-refractivity contribution in [2.45, 2.75) is 18.8 Å². The van der Waals surface area contributed by atoms with Crippen LogP contribution in [0, 0.1) is 0 Å². The van der Waals surface area contributed by atoms with E-state index in [1.807, 2.05) is 0 Å². The fraction of sp³-hybridized carbons (Fsp3) is 0.375. The molecule has 0 amide bonds. The maximum atomic E-state index is 10.8. The topological polar surface area (TPSA) is 141 Å². The molecule has 0 saturated carbocycles. The third-order valence-electron chi connectivity index (χ3n) is 1.90. The van der Waals surface area contributed by atoms with Gasteiger partial charge in [0, 0.05) is 0 Å². The van der Waals surface area contributed by atoms with Gasteiger partial charge in [-0.25, -0.2) is 17.6 Å². The summed E-state index contributed by atoms with van der Waals surface area (Å²) in [5, 5.41) is -0.964. The van der Waals surface area contributed by atoms with E-state index in [-0.39, 0.29) is 0 Å². The molecule has 0 aliphatic carbocycles. The molecule has 0 aliphatic rings. The third kappa shape index (κ3) is 8.45. The highest BCUT2D eigenvalue weighted by Crippen LogP contribution is 2.10. The second kappa shape index (κ2) is 6.77. The Morgan fingerprint density at radius 1 is 1.42 bits per heavy atom. The maximum absolute atomic E-state index is 10.8. The monoisotopic (exact) mass is 314 g/mol. The molecular formula is C8H14N2O7S2. The van der Waals surface area contributed by atoms with Crippen molar-refractivity contribution in [2.24, 2.45) is 0 Å². The maximum Gasteiger partial charge on any atom is 0.307 e. The van der Waals surface area contributed by atoms with E-state index in [0.29, 0.717) is 6.54 Å². The highest BCUT2D eigenvalue weighted by molar-refractivity contribution is 7.85. The fourth-order valence-corrected chi connectivity index (χ4v) is 1.47. The molecule has 9 nitrogen and oxygen atoms in total. The van der Waals surface area contributed by atoms with Crippen LogP contribution in [-0.4, -0.2) is 35.1 Å². The van der Waals surface area contributed by atoms with Crippen LogP contribution in [0.15, 0.2) is 31.4 Å². The standard InChI is InChI=1S/C8H12N2O3S.H2O4S/c1-3-4-9-5-6-10(7-9)8(2)14(11,12)13;1-5(2,3)4/h3,5-8H,1,4H2,2H3;(H2,1,2,3,4). The van der Waals surface area contributed by atoms with Gasteiger partial charge < -0.3 is 4.55 Å². The minimum absolute atomic E-state index is 0.602. The van der Waals surface area contributed by atoms with E-state index in [0.717, 1.165) is 0 Å². The zero-order valence-corrected chi connectivity index (χ0v) is 11.6. The van der Waals surface area contributed by atoms with Gasteiger partial charge in [0.05, 0.1) is 0 Å². The predicted molar refractivity (Wildman–Crippen MR) is 63.4 cm³/mol. The SMILES string of the molecule is C=CC[n+]1ccn(C(C)S(=O)(=O)O)c1.O=S(=O)([O-])O. The molecule has 2 N–H and O–H groups in total. The Balaban J connectivity index is 0.000000555. The van der Waals surface area contributed by atoms with Crippen LogP contribution < -0.4 is 4.57 Å². The minimum Gasteiger partial charge on any atom is -0.726 e. The largest absolute Gasteiger partial charge is 0.726 e. The smallest absolute Gasteiger partial charge is 0.307 e. The first kappa shape index (κ1) is 17.7. The number of hydrogen-bond donors (Lipinski definition) is 2. The van der Waals surface area contributed by atoms with Gasteiger partial charge in [0.1, 0.15) is 18.9 Å².